The van der Waals surface area contributed by atoms with E-state index in [-0.39, 0.29) is 46.6 Å². The van der Waals surface area contributed by atoms with Crippen LogP contribution in [0.2, 0.25) is 10.0 Å². The Morgan fingerprint density at radius 2 is 1.70 bits per heavy atom. The van der Waals surface area contributed by atoms with Gasteiger partial charge in [0.15, 0.2) is 6.61 Å². The molecule has 1 aromatic carbocycles. The summed E-state index contributed by atoms with van der Waals surface area (Å²) in [6.07, 6.45) is 3.66. The molecule has 2 saturated heterocycles. The van der Waals surface area contributed by atoms with E-state index in [0.29, 0.717) is 19.4 Å². The van der Waals surface area contributed by atoms with Crippen molar-refractivity contribution in [2.45, 2.75) is 50.0 Å². The maximum atomic E-state index is 12.9. The van der Waals surface area contributed by atoms with E-state index < -0.39 is 21.9 Å². The van der Waals surface area contributed by atoms with Crippen LogP contribution in [0.4, 0.5) is 0 Å². The standard InChI is InChI=1S/C20H26Cl2N2O5S/c1-14-5-2-3-10-24(14)18(25)13-29-20(26)15-8-11-23(12-9-15)30(27,28)19-16(21)6-4-7-17(19)22/h4,6-7,14-15H,2-3,5,8-13H2,1H3/t14-/m0/s1. The first-order valence-electron chi connectivity index (χ1n) is 10.1. The Kier molecular flexibility index (Phi) is 7.66. The van der Waals surface area contributed by atoms with E-state index in [9.17, 15) is 18.0 Å². The molecule has 0 aliphatic carbocycles. The first-order valence-corrected chi connectivity index (χ1v) is 12.3. The van der Waals surface area contributed by atoms with E-state index in [4.69, 9.17) is 27.9 Å². The number of rotatable bonds is 5. The van der Waals surface area contributed by atoms with Gasteiger partial charge in [-0.25, -0.2) is 8.42 Å². The molecule has 1 aromatic rings. The van der Waals surface area contributed by atoms with Crippen LogP contribution in [0.15, 0.2) is 23.1 Å². The van der Waals surface area contributed by atoms with Crippen molar-refractivity contribution in [3.05, 3.63) is 28.2 Å². The zero-order chi connectivity index (χ0) is 21.9. The van der Waals surface area contributed by atoms with Crippen LogP contribution in [0.25, 0.3) is 0 Å². The number of ether oxygens (including phenoxy) is 1. The molecule has 0 spiro atoms. The average molecular weight is 477 g/mol. The third-order valence-corrected chi connectivity index (χ3v) is 8.62. The molecule has 0 aromatic heterocycles. The predicted molar refractivity (Wildman–Crippen MR) is 114 cm³/mol. The smallest absolute Gasteiger partial charge is 0.309 e. The number of likely N-dealkylation sites (tertiary alicyclic amines) is 1. The third kappa shape index (κ3) is 5.10. The molecule has 10 heteroatoms. The first kappa shape index (κ1) is 23.3. The van der Waals surface area contributed by atoms with Gasteiger partial charge in [0.05, 0.1) is 16.0 Å². The minimum atomic E-state index is -3.86. The van der Waals surface area contributed by atoms with Gasteiger partial charge in [-0.2, -0.15) is 4.31 Å². The summed E-state index contributed by atoms with van der Waals surface area (Å²) in [5.74, 6) is -1.07. The van der Waals surface area contributed by atoms with Gasteiger partial charge in [-0.05, 0) is 51.2 Å². The zero-order valence-electron chi connectivity index (χ0n) is 16.9. The van der Waals surface area contributed by atoms with Crippen LogP contribution in [0.5, 0.6) is 0 Å². The fourth-order valence-corrected chi connectivity index (χ4v) is 6.55. The fourth-order valence-electron chi connectivity index (χ4n) is 3.99. The predicted octanol–water partition coefficient (Wildman–Crippen LogP) is 3.34. The lowest BCUT2D eigenvalue weighted by Gasteiger charge is -2.33. The number of amides is 1. The van der Waals surface area contributed by atoms with Crippen molar-refractivity contribution in [2.75, 3.05) is 26.2 Å². The van der Waals surface area contributed by atoms with Gasteiger partial charge in [-0.3, -0.25) is 9.59 Å². The zero-order valence-corrected chi connectivity index (χ0v) is 19.2. The molecule has 2 aliphatic rings. The lowest BCUT2D eigenvalue weighted by molar-refractivity contribution is -0.157. The van der Waals surface area contributed by atoms with E-state index in [1.807, 2.05) is 6.92 Å². The monoisotopic (exact) mass is 476 g/mol. The number of halogens is 2. The van der Waals surface area contributed by atoms with Crippen molar-refractivity contribution in [3.8, 4) is 0 Å². The van der Waals surface area contributed by atoms with Gasteiger partial charge in [-0.1, -0.05) is 29.3 Å². The van der Waals surface area contributed by atoms with Gasteiger partial charge in [0.2, 0.25) is 10.0 Å². The molecule has 0 bridgehead atoms. The molecule has 2 aliphatic heterocycles. The van der Waals surface area contributed by atoms with Gasteiger partial charge < -0.3 is 9.64 Å². The molecule has 0 unspecified atom stereocenters. The molecular formula is C20H26Cl2N2O5S. The number of hydrogen-bond acceptors (Lipinski definition) is 5. The van der Waals surface area contributed by atoms with Crippen molar-refractivity contribution >= 4 is 45.1 Å². The third-order valence-electron chi connectivity index (χ3n) is 5.77. The van der Waals surface area contributed by atoms with Gasteiger partial charge in [0, 0.05) is 25.7 Å². The molecule has 30 heavy (non-hydrogen) atoms. The number of carbonyl (C=O) groups is 2. The van der Waals surface area contributed by atoms with E-state index in [1.54, 1.807) is 11.0 Å². The molecule has 0 saturated carbocycles. The molecular weight excluding hydrogens is 451 g/mol. The van der Waals surface area contributed by atoms with E-state index in [2.05, 4.69) is 0 Å². The second kappa shape index (κ2) is 9.85. The Labute approximate surface area is 187 Å². The van der Waals surface area contributed by atoms with Crippen LogP contribution in [0, 0.1) is 5.92 Å². The Bertz CT molecular complexity index is 880. The molecule has 7 nitrogen and oxygen atoms in total. The number of esters is 1. The highest BCUT2D eigenvalue weighted by Crippen LogP contribution is 2.33. The van der Waals surface area contributed by atoms with Gasteiger partial charge >= 0.3 is 5.97 Å². The second-order valence-electron chi connectivity index (χ2n) is 7.77. The number of piperidine rings is 2. The van der Waals surface area contributed by atoms with Crippen LogP contribution in [0.1, 0.15) is 39.0 Å². The lowest BCUT2D eigenvalue weighted by atomic mass is 9.98. The summed E-state index contributed by atoms with van der Waals surface area (Å²) in [6.45, 7) is 2.73. The highest BCUT2D eigenvalue weighted by Gasteiger charge is 2.35. The highest BCUT2D eigenvalue weighted by atomic mass is 35.5. The molecule has 1 amide bonds. The Balaban J connectivity index is 1.53. The number of benzene rings is 1. The van der Waals surface area contributed by atoms with Crippen molar-refractivity contribution in [3.63, 3.8) is 0 Å². The van der Waals surface area contributed by atoms with E-state index in [0.717, 1.165) is 19.3 Å². The normalized spacial score (nSPS) is 21.4. The maximum absolute atomic E-state index is 12.9. The summed E-state index contributed by atoms with van der Waals surface area (Å²) >= 11 is 12.1. The minimum absolute atomic E-state index is 0.0643. The number of hydrogen-bond donors (Lipinski definition) is 0. The van der Waals surface area contributed by atoms with Crippen LogP contribution >= 0.6 is 23.2 Å². The van der Waals surface area contributed by atoms with Crippen LogP contribution < -0.4 is 0 Å². The summed E-state index contributed by atoms with van der Waals surface area (Å²) in [7, 11) is -3.86. The highest BCUT2D eigenvalue weighted by molar-refractivity contribution is 7.89. The lowest BCUT2D eigenvalue weighted by Crippen LogP contribution is -2.45. The first-order chi connectivity index (χ1) is 14.2. The molecule has 2 fully saturated rings. The topological polar surface area (TPSA) is 84.0 Å². The van der Waals surface area contributed by atoms with Crippen molar-refractivity contribution in [1.29, 1.82) is 0 Å². The molecule has 3 rings (SSSR count). The van der Waals surface area contributed by atoms with Gasteiger partial charge in [0.25, 0.3) is 5.91 Å². The summed E-state index contributed by atoms with van der Waals surface area (Å²) in [4.78, 5) is 26.4. The Hall–Kier alpha value is -1.35. The Morgan fingerprint density at radius 3 is 2.30 bits per heavy atom. The summed E-state index contributed by atoms with van der Waals surface area (Å²) in [6, 6.07) is 4.70. The summed E-state index contributed by atoms with van der Waals surface area (Å²) < 4.78 is 32.4. The van der Waals surface area contributed by atoms with Crippen LogP contribution in [-0.2, 0) is 24.3 Å². The SMILES string of the molecule is C[C@H]1CCCCN1C(=O)COC(=O)C1CCN(S(=O)(=O)c2c(Cl)cccc2Cl)CC1. The molecule has 166 valence electrons. The van der Waals surface area contributed by atoms with Crippen molar-refractivity contribution in [1.82, 2.24) is 9.21 Å². The van der Waals surface area contributed by atoms with Crippen LogP contribution in [-0.4, -0.2) is 61.8 Å². The quantitative estimate of drug-likeness (QED) is 0.608. The summed E-state index contributed by atoms with van der Waals surface area (Å²) in [5.41, 5.74) is 0. The van der Waals surface area contributed by atoms with Crippen LogP contribution in [0.3, 0.4) is 0 Å². The number of sulfonamides is 1. The molecule has 2 heterocycles. The number of carbonyl (C=O) groups excluding carboxylic acids is 2. The molecule has 0 radical (unpaired) electrons. The average Bonchev–Trinajstić information content (AvgIpc) is 2.72. The maximum Gasteiger partial charge on any atom is 0.309 e. The van der Waals surface area contributed by atoms with Crippen molar-refractivity contribution < 1.29 is 22.7 Å². The van der Waals surface area contributed by atoms with Gasteiger partial charge in [0.1, 0.15) is 4.90 Å². The minimum Gasteiger partial charge on any atom is -0.455 e. The largest absolute Gasteiger partial charge is 0.455 e. The molecule has 1 atom stereocenters. The van der Waals surface area contributed by atoms with Gasteiger partial charge in [-0.15, -0.1) is 0 Å². The molecule has 0 N–H and O–H groups in total. The second-order valence-corrected chi connectivity index (χ2v) is 10.5. The summed E-state index contributed by atoms with van der Waals surface area (Å²) in [5, 5.41) is 0.129. The van der Waals surface area contributed by atoms with E-state index in [1.165, 1.54) is 16.4 Å². The fraction of sp³-hybridized carbons (Fsp3) is 0.600. The van der Waals surface area contributed by atoms with E-state index >= 15 is 0 Å². The number of nitrogens with zero attached hydrogens (tertiary/aromatic N) is 2. The van der Waals surface area contributed by atoms with Crippen molar-refractivity contribution in [2.24, 2.45) is 5.92 Å². The Morgan fingerprint density at radius 1 is 1.07 bits per heavy atom.